The van der Waals surface area contributed by atoms with Crippen LogP contribution in [0.15, 0.2) is 36.4 Å². The smallest absolute Gasteiger partial charge is 0.262 e. The van der Waals surface area contributed by atoms with Gasteiger partial charge in [-0.1, -0.05) is 23.2 Å². The molecule has 2 aromatic rings. The molecule has 1 N–H and O–H groups in total. The van der Waals surface area contributed by atoms with E-state index in [-0.39, 0.29) is 18.4 Å². The third kappa shape index (κ3) is 5.11. The summed E-state index contributed by atoms with van der Waals surface area (Å²) in [5.41, 5.74) is 1.63. The topological polar surface area (TPSA) is 58.6 Å². The summed E-state index contributed by atoms with van der Waals surface area (Å²) in [6.07, 6.45) is 0. The van der Waals surface area contributed by atoms with Crippen LogP contribution in [0, 0.1) is 6.92 Å². The molecule has 0 aliphatic heterocycles. The molecule has 5 nitrogen and oxygen atoms in total. The van der Waals surface area contributed by atoms with Gasteiger partial charge in [0.25, 0.3) is 11.8 Å². The molecule has 0 saturated carbocycles. The molecule has 0 spiro atoms. The van der Waals surface area contributed by atoms with Gasteiger partial charge in [-0.15, -0.1) is 0 Å². The molecule has 0 saturated heterocycles. The van der Waals surface area contributed by atoms with E-state index in [1.807, 2.05) is 6.92 Å². The van der Waals surface area contributed by atoms with Crippen molar-refractivity contribution >= 4 is 40.7 Å². The van der Waals surface area contributed by atoms with Crippen molar-refractivity contribution in [3.8, 4) is 5.75 Å². The van der Waals surface area contributed by atoms with Crippen molar-refractivity contribution in [2.75, 3.05) is 26.0 Å². The van der Waals surface area contributed by atoms with Crippen LogP contribution in [0.2, 0.25) is 10.0 Å². The van der Waals surface area contributed by atoms with Gasteiger partial charge in [-0.25, -0.2) is 0 Å². The van der Waals surface area contributed by atoms with Crippen molar-refractivity contribution in [1.82, 2.24) is 4.90 Å². The Morgan fingerprint density at radius 2 is 1.84 bits per heavy atom. The van der Waals surface area contributed by atoms with Crippen LogP contribution in [-0.4, -0.2) is 37.4 Å². The zero-order valence-electron chi connectivity index (χ0n) is 14.1. The first kappa shape index (κ1) is 19.1. The van der Waals surface area contributed by atoms with E-state index >= 15 is 0 Å². The highest BCUT2D eigenvalue weighted by molar-refractivity contribution is 6.34. The summed E-state index contributed by atoms with van der Waals surface area (Å²) in [5.74, 6) is -0.00630. The Bertz CT molecular complexity index is 807. The van der Waals surface area contributed by atoms with E-state index < -0.39 is 0 Å². The van der Waals surface area contributed by atoms with E-state index in [9.17, 15) is 9.59 Å². The Kier molecular flexibility index (Phi) is 6.28. The van der Waals surface area contributed by atoms with E-state index in [1.54, 1.807) is 44.4 Å². The normalized spacial score (nSPS) is 10.3. The van der Waals surface area contributed by atoms with Crippen LogP contribution < -0.4 is 10.1 Å². The second kappa shape index (κ2) is 8.23. The number of carbonyl (C=O) groups excluding carboxylic acids is 2. The predicted molar refractivity (Wildman–Crippen MR) is 99.8 cm³/mol. The number of nitrogens with one attached hydrogen (secondary N) is 1. The third-order valence-corrected chi connectivity index (χ3v) is 3.95. The lowest BCUT2D eigenvalue weighted by molar-refractivity contribution is -0.118. The minimum Gasteiger partial charge on any atom is -0.483 e. The number of benzene rings is 2. The van der Waals surface area contributed by atoms with Crippen LogP contribution in [0.3, 0.4) is 0 Å². The van der Waals surface area contributed by atoms with Gasteiger partial charge in [-0.3, -0.25) is 9.59 Å². The number of nitrogens with zero attached hydrogens (tertiary/aromatic N) is 1. The molecule has 0 aliphatic carbocycles. The van der Waals surface area contributed by atoms with Gasteiger partial charge < -0.3 is 15.0 Å². The van der Waals surface area contributed by atoms with Gasteiger partial charge in [0.05, 0.1) is 10.6 Å². The maximum atomic E-state index is 12.1. The number of anilines is 1. The molecule has 7 heteroatoms. The van der Waals surface area contributed by atoms with E-state index in [0.717, 1.165) is 5.56 Å². The molecule has 2 aromatic carbocycles. The SMILES string of the molecule is Cc1cc(Cl)ccc1OCC(=O)Nc1ccc(Cl)c(C(=O)N(C)C)c1. The lowest BCUT2D eigenvalue weighted by atomic mass is 10.1. The van der Waals surface area contributed by atoms with Crippen molar-refractivity contribution in [2.45, 2.75) is 6.92 Å². The molecule has 0 atom stereocenters. The fraction of sp³-hybridized carbons (Fsp3) is 0.222. The largest absolute Gasteiger partial charge is 0.483 e. The van der Waals surface area contributed by atoms with Gasteiger partial charge >= 0.3 is 0 Å². The summed E-state index contributed by atoms with van der Waals surface area (Å²) in [5, 5.41) is 3.61. The summed E-state index contributed by atoms with van der Waals surface area (Å²) in [6.45, 7) is 1.68. The number of amides is 2. The maximum absolute atomic E-state index is 12.1. The lowest BCUT2D eigenvalue weighted by Gasteiger charge is -2.14. The summed E-state index contributed by atoms with van der Waals surface area (Å²) in [6, 6.07) is 9.89. The highest BCUT2D eigenvalue weighted by Gasteiger charge is 2.14. The number of aryl methyl sites for hydroxylation is 1. The van der Waals surface area contributed by atoms with Gasteiger partial charge in [0.1, 0.15) is 5.75 Å². The molecule has 0 aliphatic rings. The Labute approximate surface area is 156 Å². The van der Waals surface area contributed by atoms with Gasteiger partial charge in [0.2, 0.25) is 0 Å². The van der Waals surface area contributed by atoms with Crippen LogP contribution in [0.4, 0.5) is 5.69 Å². The van der Waals surface area contributed by atoms with Crippen LogP contribution in [-0.2, 0) is 4.79 Å². The molecule has 2 amide bonds. The van der Waals surface area contributed by atoms with E-state index in [4.69, 9.17) is 27.9 Å². The van der Waals surface area contributed by atoms with Gasteiger partial charge in [-0.2, -0.15) is 0 Å². The maximum Gasteiger partial charge on any atom is 0.262 e. The summed E-state index contributed by atoms with van der Waals surface area (Å²) >= 11 is 11.9. The van der Waals surface area contributed by atoms with Gasteiger partial charge in [0, 0.05) is 24.8 Å². The molecule has 0 bridgehead atoms. The Balaban J connectivity index is 2.03. The minimum absolute atomic E-state index is 0.165. The molecule has 0 radical (unpaired) electrons. The van der Waals surface area contributed by atoms with Crippen molar-refractivity contribution in [1.29, 1.82) is 0 Å². The number of carbonyl (C=O) groups is 2. The molecule has 2 rings (SSSR count). The highest BCUT2D eigenvalue weighted by atomic mass is 35.5. The first-order valence-electron chi connectivity index (χ1n) is 7.48. The molecule has 0 fully saturated rings. The number of hydrogen-bond donors (Lipinski definition) is 1. The third-order valence-electron chi connectivity index (χ3n) is 3.38. The first-order chi connectivity index (χ1) is 11.8. The fourth-order valence-electron chi connectivity index (χ4n) is 2.12. The predicted octanol–water partition coefficient (Wildman–Crippen LogP) is 4.02. The Morgan fingerprint density at radius 3 is 2.48 bits per heavy atom. The molecule has 25 heavy (non-hydrogen) atoms. The fourth-order valence-corrected chi connectivity index (χ4v) is 2.55. The molecule has 132 valence electrons. The highest BCUT2D eigenvalue weighted by Crippen LogP contribution is 2.23. The van der Waals surface area contributed by atoms with Gasteiger partial charge in [0.15, 0.2) is 6.61 Å². The molecule has 0 aromatic heterocycles. The van der Waals surface area contributed by atoms with Crippen LogP contribution in [0.1, 0.15) is 15.9 Å². The van der Waals surface area contributed by atoms with E-state index in [2.05, 4.69) is 5.32 Å². The molecular weight excluding hydrogens is 363 g/mol. The second-order valence-electron chi connectivity index (χ2n) is 5.64. The lowest BCUT2D eigenvalue weighted by Crippen LogP contribution is -2.23. The van der Waals surface area contributed by atoms with Crippen LogP contribution >= 0.6 is 23.2 Å². The number of rotatable bonds is 5. The van der Waals surface area contributed by atoms with Crippen LogP contribution in [0.5, 0.6) is 5.75 Å². The summed E-state index contributed by atoms with van der Waals surface area (Å²) in [4.78, 5) is 25.6. The number of hydrogen-bond acceptors (Lipinski definition) is 3. The Hall–Kier alpha value is -2.24. The van der Waals surface area contributed by atoms with Crippen molar-refractivity contribution in [3.63, 3.8) is 0 Å². The molecule has 0 unspecified atom stereocenters. The zero-order valence-corrected chi connectivity index (χ0v) is 15.6. The van der Waals surface area contributed by atoms with E-state index in [1.165, 1.54) is 11.0 Å². The monoisotopic (exact) mass is 380 g/mol. The average molecular weight is 381 g/mol. The molecule has 0 heterocycles. The standard InChI is InChI=1S/C18H18Cl2N2O3/c1-11-8-12(19)4-7-16(11)25-10-17(23)21-13-5-6-15(20)14(9-13)18(24)22(2)3/h4-9H,10H2,1-3H3,(H,21,23). The number of halogens is 2. The van der Waals surface area contributed by atoms with Crippen molar-refractivity contribution in [3.05, 3.63) is 57.6 Å². The number of ether oxygens (including phenoxy) is 1. The van der Waals surface area contributed by atoms with Crippen molar-refractivity contribution < 1.29 is 14.3 Å². The first-order valence-corrected chi connectivity index (χ1v) is 8.23. The average Bonchev–Trinajstić information content (AvgIpc) is 2.55. The zero-order chi connectivity index (χ0) is 18.6. The van der Waals surface area contributed by atoms with Crippen LogP contribution in [0.25, 0.3) is 0 Å². The van der Waals surface area contributed by atoms with E-state index in [0.29, 0.717) is 27.0 Å². The second-order valence-corrected chi connectivity index (χ2v) is 6.48. The summed E-state index contributed by atoms with van der Waals surface area (Å²) < 4.78 is 5.49. The Morgan fingerprint density at radius 1 is 1.12 bits per heavy atom. The van der Waals surface area contributed by atoms with Crippen molar-refractivity contribution in [2.24, 2.45) is 0 Å². The minimum atomic E-state index is -0.347. The quantitative estimate of drug-likeness (QED) is 0.851. The molecular formula is C18H18Cl2N2O3. The van der Waals surface area contributed by atoms with Gasteiger partial charge in [-0.05, 0) is 48.9 Å². The summed E-state index contributed by atoms with van der Waals surface area (Å²) in [7, 11) is 3.26.